The van der Waals surface area contributed by atoms with Gasteiger partial charge in [0.15, 0.2) is 11.5 Å². The van der Waals surface area contributed by atoms with E-state index in [1.807, 2.05) is 0 Å². The van der Waals surface area contributed by atoms with E-state index in [4.69, 9.17) is 5.11 Å². The highest BCUT2D eigenvalue weighted by Gasteiger charge is 2.43. The van der Waals surface area contributed by atoms with Crippen LogP contribution >= 0.6 is 0 Å². The van der Waals surface area contributed by atoms with E-state index in [1.165, 1.54) is 0 Å². The number of carbonyl (C=O) groups is 1. The highest BCUT2D eigenvalue weighted by Crippen LogP contribution is 2.41. The number of nitrogens with zero attached hydrogens (tertiary/aromatic N) is 1. The van der Waals surface area contributed by atoms with Gasteiger partial charge < -0.3 is 14.6 Å². The van der Waals surface area contributed by atoms with Gasteiger partial charge in [0.1, 0.15) is 0 Å². The summed E-state index contributed by atoms with van der Waals surface area (Å²) in [5.41, 5.74) is 0. The van der Waals surface area contributed by atoms with E-state index in [1.54, 1.807) is 4.90 Å². The number of benzene rings is 1. The molecule has 0 spiro atoms. The summed E-state index contributed by atoms with van der Waals surface area (Å²) in [5.74, 6) is -1.51. The van der Waals surface area contributed by atoms with Gasteiger partial charge in [0, 0.05) is 25.2 Å². The monoisotopic (exact) mass is 378 g/mol. The Morgan fingerprint density at radius 2 is 1.92 bits per heavy atom. The second-order valence-corrected chi connectivity index (χ2v) is 7.56. The number of rotatable bonds is 5. The molecule has 0 bridgehead atoms. The molecule has 0 saturated carbocycles. The average molecular weight is 378 g/mol. The second kappa shape index (κ2) is 6.39. The van der Waals surface area contributed by atoms with Crippen LogP contribution in [0.2, 0.25) is 0 Å². The molecule has 2 aliphatic rings. The molecule has 0 aromatic heterocycles. The topological polar surface area (TPSA) is 105 Å². The maximum Gasteiger partial charge on any atom is 0.586 e. The number of sulfonamides is 1. The van der Waals surface area contributed by atoms with E-state index < -0.39 is 22.3 Å². The molecule has 2 aliphatic heterocycles. The van der Waals surface area contributed by atoms with Crippen LogP contribution in [0.15, 0.2) is 23.1 Å². The van der Waals surface area contributed by atoms with Crippen molar-refractivity contribution in [2.75, 3.05) is 19.6 Å². The van der Waals surface area contributed by atoms with Gasteiger partial charge in [-0.25, -0.2) is 13.1 Å². The van der Waals surface area contributed by atoms with Crippen LogP contribution < -0.4 is 14.2 Å². The molecule has 0 atom stereocenters. The molecule has 11 heteroatoms. The summed E-state index contributed by atoms with van der Waals surface area (Å²) < 4.78 is 61.9. The molecule has 1 fully saturated rings. The minimum absolute atomic E-state index is 0.0875. The van der Waals surface area contributed by atoms with Gasteiger partial charge in [-0.05, 0) is 25.0 Å². The Morgan fingerprint density at radius 1 is 1.28 bits per heavy atom. The lowest BCUT2D eigenvalue weighted by Crippen LogP contribution is -2.45. The van der Waals surface area contributed by atoms with E-state index in [0.29, 0.717) is 25.9 Å². The molecule has 1 aromatic rings. The first-order valence-electron chi connectivity index (χ1n) is 7.51. The van der Waals surface area contributed by atoms with Crippen molar-refractivity contribution in [1.82, 2.24) is 9.62 Å². The minimum Gasteiger partial charge on any atom is -0.480 e. The molecule has 1 saturated heterocycles. The van der Waals surface area contributed by atoms with Gasteiger partial charge in [-0.2, -0.15) is 0 Å². The third-order valence-corrected chi connectivity index (χ3v) is 5.47. The summed E-state index contributed by atoms with van der Waals surface area (Å²) >= 11 is 0. The first kappa shape index (κ1) is 17.8. The molecule has 25 heavy (non-hydrogen) atoms. The summed E-state index contributed by atoms with van der Waals surface area (Å²) in [7, 11) is -3.92. The van der Waals surface area contributed by atoms with Gasteiger partial charge >= 0.3 is 12.3 Å². The van der Waals surface area contributed by atoms with Gasteiger partial charge in [0.05, 0.1) is 11.4 Å². The maximum atomic E-state index is 13.0. The van der Waals surface area contributed by atoms with Crippen LogP contribution in [0, 0.1) is 0 Å². The Hall–Kier alpha value is -1.98. The predicted octanol–water partition coefficient (Wildman–Crippen LogP) is 0.835. The van der Waals surface area contributed by atoms with Crippen LogP contribution in [0.25, 0.3) is 0 Å². The Morgan fingerprint density at radius 3 is 2.56 bits per heavy atom. The van der Waals surface area contributed by atoms with Crippen LogP contribution in [-0.4, -0.2) is 56.4 Å². The first-order valence-corrected chi connectivity index (χ1v) is 8.99. The quantitative estimate of drug-likeness (QED) is 0.782. The molecule has 0 amide bonds. The third kappa shape index (κ3) is 4.17. The molecule has 0 unspecified atom stereocenters. The smallest absolute Gasteiger partial charge is 0.480 e. The number of nitrogens with one attached hydrogen (secondary N) is 1. The van der Waals surface area contributed by atoms with Crippen molar-refractivity contribution in [3.05, 3.63) is 18.2 Å². The Bertz CT molecular complexity index is 778. The van der Waals surface area contributed by atoms with Crippen molar-refractivity contribution in [3.63, 3.8) is 0 Å². The number of alkyl halides is 2. The lowest BCUT2D eigenvalue weighted by molar-refractivity contribution is -0.286. The molecule has 2 heterocycles. The fourth-order valence-corrected chi connectivity index (χ4v) is 4.10. The van der Waals surface area contributed by atoms with Crippen LogP contribution in [0.5, 0.6) is 11.5 Å². The van der Waals surface area contributed by atoms with Crippen LogP contribution in [-0.2, 0) is 14.8 Å². The third-order valence-electron chi connectivity index (χ3n) is 3.95. The zero-order valence-corrected chi connectivity index (χ0v) is 13.8. The lowest BCUT2D eigenvalue weighted by Gasteiger charge is -2.31. The summed E-state index contributed by atoms with van der Waals surface area (Å²) in [4.78, 5) is 12.2. The molecule has 2 N–H and O–H groups in total. The van der Waals surface area contributed by atoms with Gasteiger partial charge in [0.25, 0.3) is 0 Å². The number of fused-ring (bicyclic) bond motifs is 1. The molecular formula is C14H16F2N2O6S. The molecule has 3 rings (SSSR count). The first-order chi connectivity index (χ1) is 11.6. The van der Waals surface area contributed by atoms with E-state index in [9.17, 15) is 22.0 Å². The van der Waals surface area contributed by atoms with E-state index in [-0.39, 0.29) is 29.0 Å². The summed E-state index contributed by atoms with van der Waals surface area (Å²) in [6.07, 6.45) is -2.90. The standard InChI is InChI=1S/C14H16F2N2O6S/c15-14(16)23-11-2-1-10(7-12(11)24-14)25(21,22)17-9-3-5-18(6-4-9)8-13(19)20/h1-2,7,9,17H,3-6,8H2,(H,19,20). The largest absolute Gasteiger partial charge is 0.586 e. The number of likely N-dealkylation sites (tertiary alicyclic amines) is 1. The normalized spacial score (nSPS) is 20.6. The summed E-state index contributed by atoms with van der Waals surface area (Å²) in [6, 6.07) is 2.89. The van der Waals surface area contributed by atoms with Crippen molar-refractivity contribution < 1.29 is 36.6 Å². The van der Waals surface area contributed by atoms with Gasteiger partial charge in [-0.15, -0.1) is 8.78 Å². The van der Waals surface area contributed by atoms with Gasteiger partial charge in [0.2, 0.25) is 10.0 Å². The number of halogens is 2. The predicted molar refractivity (Wildman–Crippen MR) is 80.1 cm³/mol. The SMILES string of the molecule is O=C(O)CN1CCC(NS(=O)(=O)c2ccc3c(c2)OC(F)(F)O3)CC1. The number of ether oxygens (including phenoxy) is 2. The van der Waals surface area contributed by atoms with E-state index in [0.717, 1.165) is 18.2 Å². The molecule has 0 aliphatic carbocycles. The van der Waals surface area contributed by atoms with Crippen molar-refractivity contribution in [2.24, 2.45) is 0 Å². The number of aliphatic carboxylic acids is 1. The van der Waals surface area contributed by atoms with Crippen molar-refractivity contribution in [2.45, 2.75) is 30.1 Å². The Kier molecular flexibility index (Phi) is 4.56. The van der Waals surface area contributed by atoms with Gasteiger partial charge in [-0.3, -0.25) is 9.69 Å². The van der Waals surface area contributed by atoms with Crippen molar-refractivity contribution in [1.29, 1.82) is 0 Å². The molecular weight excluding hydrogens is 362 g/mol. The minimum atomic E-state index is -3.92. The molecule has 0 radical (unpaired) electrons. The number of carboxylic acid groups (broad SMARTS) is 1. The average Bonchev–Trinajstić information content (AvgIpc) is 2.81. The lowest BCUT2D eigenvalue weighted by atomic mass is 10.1. The van der Waals surface area contributed by atoms with Gasteiger partial charge in [-0.1, -0.05) is 0 Å². The number of piperidine rings is 1. The zero-order chi connectivity index (χ0) is 18.2. The summed E-state index contributed by atoms with van der Waals surface area (Å²) in [5, 5.41) is 8.75. The summed E-state index contributed by atoms with van der Waals surface area (Å²) in [6.45, 7) is 0.815. The van der Waals surface area contributed by atoms with Crippen molar-refractivity contribution >= 4 is 16.0 Å². The Balaban J connectivity index is 1.65. The number of carboxylic acids is 1. The van der Waals surface area contributed by atoms with E-state index in [2.05, 4.69) is 14.2 Å². The number of hydrogen-bond donors (Lipinski definition) is 2. The van der Waals surface area contributed by atoms with Crippen LogP contribution in [0.4, 0.5) is 8.78 Å². The molecule has 1 aromatic carbocycles. The highest BCUT2D eigenvalue weighted by molar-refractivity contribution is 7.89. The molecule has 8 nitrogen and oxygen atoms in total. The molecule has 138 valence electrons. The fraction of sp³-hybridized carbons (Fsp3) is 0.500. The van der Waals surface area contributed by atoms with E-state index >= 15 is 0 Å². The Labute approximate surface area is 142 Å². The van der Waals surface area contributed by atoms with Crippen LogP contribution in [0.3, 0.4) is 0 Å². The fourth-order valence-electron chi connectivity index (χ4n) is 2.78. The zero-order valence-electron chi connectivity index (χ0n) is 12.9. The van der Waals surface area contributed by atoms with Crippen LogP contribution in [0.1, 0.15) is 12.8 Å². The van der Waals surface area contributed by atoms with Crippen molar-refractivity contribution in [3.8, 4) is 11.5 Å². The maximum absolute atomic E-state index is 13.0. The number of hydrogen-bond acceptors (Lipinski definition) is 6. The highest BCUT2D eigenvalue weighted by atomic mass is 32.2. The second-order valence-electron chi connectivity index (χ2n) is 5.84.